The molecule has 0 aliphatic heterocycles. The van der Waals surface area contributed by atoms with E-state index in [9.17, 15) is 93.4 Å². The molecule has 0 aliphatic carbocycles. The van der Waals surface area contributed by atoms with Crippen molar-refractivity contribution in [2.75, 3.05) is 0 Å². The molecule has 0 aromatic heterocycles. The third kappa shape index (κ3) is 19.9. The number of carbonyl (C=O) groups excluding carboxylic acids is 3. The zero-order valence-electron chi connectivity index (χ0n) is 17.7. The molecule has 3 N–H and O–H groups in total. The van der Waals surface area contributed by atoms with Crippen molar-refractivity contribution in [3.8, 4) is 0 Å². The summed E-state index contributed by atoms with van der Waals surface area (Å²) < 4.78 is 204. The van der Waals surface area contributed by atoms with Crippen LogP contribution in [0.25, 0.3) is 0 Å². The number of rotatable bonds is 3. The first-order valence-corrected chi connectivity index (χ1v) is 7.92. The van der Waals surface area contributed by atoms with Gasteiger partial charge in [0.15, 0.2) is 0 Å². The summed E-state index contributed by atoms with van der Waals surface area (Å²) in [5.74, 6) is -16.0. The highest BCUT2D eigenvalue weighted by molar-refractivity contribution is 5.95. The number of aliphatic hydroxyl groups is 3. The van der Waals surface area contributed by atoms with E-state index >= 15 is 0 Å². The van der Waals surface area contributed by atoms with E-state index in [0.29, 0.717) is 0 Å². The fraction of sp³-hybridized carbons (Fsp3) is 0.400. The van der Waals surface area contributed by atoms with Crippen molar-refractivity contribution in [2.24, 2.45) is 0 Å². The van der Waals surface area contributed by atoms with Crippen molar-refractivity contribution in [1.82, 2.24) is 0 Å². The Labute approximate surface area is 217 Å². The minimum Gasteiger partial charge on any atom is -0.504 e. The van der Waals surface area contributed by atoms with E-state index in [1.54, 1.807) is 0 Å². The van der Waals surface area contributed by atoms with Gasteiger partial charge in [0.2, 0.25) is 17.3 Å². The van der Waals surface area contributed by atoms with Gasteiger partial charge in [-0.05, 0) is 0 Å². The molecule has 0 atom stereocenters. The number of alkyl halides is 18. The van der Waals surface area contributed by atoms with Gasteiger partial charge in [-0.25, -0.2) is 0 Å². The van der Waals surface area contributed by atoms with Crippen molar-refractivity contribution < 1.29 is 109 Å². The lowest BCUT2D eigenvalue weighted by Gasteiger charge is -2.05. The molecule has 0 rings (SSSR count). The summed E-state index contributed by atoms with van der Waals surface area (Å²) >= 11 is 0. The number of aliphatic hydroxyl groups excluding tert-OH is 3. The third-order valence-corrected chi connectivity index (χ3v) is 2.51. The van der Waals surface area contributed by atoms with Gasteiger partial charge >= 0.3 is 37.1 Å². The molecule has 0 saturated carbocycles. The minimum absolute atomic E-state index is 0. The molecule has 3 radical (unpaired) electrons. The number of ketones is 3. The Hall–Kier alpha value is -3.10. The Balaban J connectivity index is -0.000000240. The highest BCUT2D eigenvalue weighted by Crippen LogP contribution is 2.27. The number of hydrogen-bond acceptors (Lipinski definition) is 6. The highest BCUT2D eigenvalue weighted by atomic mass is 27.0. The van der Waals surface area contributed by atoms with E-state index in [2.05, 4.69) is 0 Å². The zero-order chi connectivity index (χ0) is 32.6. The Morgan fingerprint density at radius 3 is 0.550 bits per heavy atom. The average Bonchev–Trinajstić information content (AvgIpc) is 2.64. The molecule has 6 nitrogen and oxygen atoms in total. The van der Waals surface area contributed by atoms with Crippen molar-refractivity contribution in [2.45, 2.75) is 37.1 Å². The molecule has 0 unspecified atom stereocenters. The lowest BCUT2D eigenvalue weighted by molar-refractivity contribution is -0.166. The Morgan fingerprint density at radius 1 is 0.350 bits per heavy atom. The quantitative estimate of drug-likeness (QED) is 0.150. The van der Waals surface area contributed by atoms with Gasteiger partial charge in [-0.3, -0.25) is 14.4 Å². The number of hydrogen-bond donors (Lipinski definition) is 3. The molecule has 0 fully saturated rings. The summed E-state index contributed by atoms with van der Waals surface area (Å²) in [6.45, 7) is 0. The van der Waals surface area contributed by atoms with Crippen LogP contribution in [0.4, 0.5) is 79.0 Å². The highest BCUT2D eigenvalue weighted by Gasteiger charge is 2.43. The van der Waals surface area contributed by atoms with Crippen LogP contribution in [0.1, 0.15) is 0 Å². The van der Waals surface area contributed by atoms with Crippen molar-refractivity contribution >= 4 is 34.7 Å². The van der Waals surface area contributed by atoms with Crippen LogP contribution in [0, 0.1) is 0 Å². The third-order valence-electron chi connectivity index (χ3n) is 2.51. The summed E-state index contributed by atoms with van der Waals surface area (Å²) in [4.78, 5) is 29.6. The van der Waals surface area contributed by atoms with Crippen LogP contribution in [-0.4, -0.2) is 87.1 Å². The number of carbonyl (C=O) groups is 3. The minimum atomic E-state index is -5.42. The molecule has 0 bridgehead atoms. The summed E-state index contributed by atoms with van der Waals surface area (Å²) in [7, 11) is 0. The second-order valence-electron chi connectivity index (χ2n) is 5.67. The molecule has 0 aliphatic rings. The Morgan fingerprint density at radius 2 is 0.475 bits per heavy atom. The maximum absolute atomic E-state index is 11.4. The van der Waals surface area contributed by atoms with E-state index in [1.807, 2.05) is 0 Å². The molecule has 40 heavy (non-hydrogen) atoms. The van der Waals surface area contributed by atoms with Crippen molar-refractivity contribution in [1.29, 1.82) is 0 Å². The number of allylic oxidation sites excluding steroid dienone is 6. The van der Waals surface area contributed by atoms with E-state index in [1.165, 1.54) is 0 Å². The molecule has 0 heterocycles. The Bertz CT molecular complexity index is 834. The number of halogens is 18. The summed E-state index contributed by atoms with van der Waals surface area (Å²) in [6, 6.07) is 0. The zero-order valence-corrected chi connectivity index (χ0v) is 18.8. The van der Waals surface area contributed by atoms with Gasteiger partial charge in [0, 0.05) is 35.6 Å². The van der Waals surface area contributed by atoms with Crippen LogP contribution >= 0.6 is 0 Å². The van der Waals surface area contributed by atoms with Crippen LogP contribution < -0.4 is 0 Å². The maximum Gasteiger partial charge on any atom is 0.454 e. The molecule has 0 spiro atoms. The predicted molar refractivity (Wildman–Crippen MR) is 89.2 cm³/mol. The normalized spacial score (nSPS) is 14.1. The smallest absolute Gasteiger partial charge is 0.454 e. The van der Waals surface area contributed by atoms with Crippen LogP contribution in [0.2, 0.25) is 0 Å². The summed E-state index contributed by atoms with van der Waals surface area (Å²) in [5, 5.41) is 23.8. The van der Waals surface area contributed by atoms with E-state index in [4.69, 9.17) is 15.3 Å². The summed E-state index contributed by atoms with van der Waals surface area (Å²) in [6.07, 6.45) is -35.0. The Kier molecular flexibility index (Phi) is 16.5. The van der Waals surface area contributed by atoms with Crippen LogP contribution in [-0.2, 0) is 14.4 Å². The van der Waals surface area contributed by atoms with Gasteiger partial charge in [-0.2, -0.15) is 79.0 Å². The van der Waals surface area contributed by atoms with Crippen LogP contribution in [0.5, 0.6) is 0 Å². The molecule has 0 amide bonds. The predicted octanol–water partition coefficient (Wildman–Crippen LogP) is 5.99. The van der Waals surface area contributed by atoms with Gasteiger partial charge in [-0.15, -0.1) is 0 Å². The van der Waals surface area contributed by atoms with E-state index in [-0.39, 0.29) is 17.4 Å². The van der Waals surface area contributed by atoms with Gasteiger partial charge in [0.25, 0.3) is 17.3 Å². The molecular formula is C15H6AlF18O6. The van der Waals surface area contributed by atoms with Gasteiger partial charge < -0.3 is 15.3 Å². The molecule has 25 heteroatoms. The van der Waals surface area contributed by atoms with Gasteiger partial charge in [0.05, 0.1) is 0 Å². The first-order valence-electron chi connectivity index (χ1n) is 7.92. The molecule has 0 aromatic carbocycles. The lowest BCUT2D eigenvalue weighted by atomic mass is 10.3. The second kappa shape index (κ2) is 15.1. The monoisotopic (exact) mass is 651 g/mol. The fourth-order valence-electron chi connectivity index (χ4n) is 0.864. The van der Waals surface area contributed by atoms with E-state index < -0.39 is 89.9 Å². The topological polar surface area (TPSA) is 112 Å². The maximum atomic E-state index is 11.4. The van der Waals surface area contributed by atoms with Crippen LogP contribution in [0.15, 0.2) is 35.5 Å². The van der Waals surface area contributed by atoms with Crippen LogP contribution in [0.3, 0.4) is 0 Å². The molecule has 0 saturated heterocycles. The standard InChI is InChI=1S/3C5H2F6O2.Al/c3*6-4(7,8)2(12)1-3(13)5(9,10)11;/h3*1,12H;. The van der Waals surface area contributed by atoms with Gasteiger partial charge in [-0.1, -0.05) is 0 Å². The van der Waals surface area contributed by atoms with Crippen molar-refractivity contribution in [3.05, 3.63) is 35.5 Å². The molecular weight excluding hydrogens is 645 g/mol. The fourth-order valence-corrected chi connectivity index (χ4v) is 0.864. The first kappa shape index (κ1) is 43.9. The molecule has 231 valence electrons. The largest absolute Gasteiger partial charge is 0.504 e. The van der Waals surface area contributed by atoms with E-state index in [0.717, 1.165) is 0 Å². The van der Waals surface area contributed by atoms with Gasteiger partial charge in [0.1, 0.15) is 0 Å². The summed E-state index contributed by atoms with van der Waals surface area (Å²) in [5.41, 5.74) is 0. The second-order valence-corrected chi connectivity index (χ2v) is 5.67. The van der Waals surface area contributed by atoms with Crippen molar-refractivity contribution in [3.63, 3.8) is 0 Å². The lowest BCUT2D eigenvalue weighted by Crippen LogP contribution is -2.23. The average molecular weight is 651 g/mol. The SMILES string of the molecule is O=C(C=C(O)C(F)(F)F)C(F)(F)F.O=C(C=C(O)C(F)(F)F)C(F)(F)F.O=C(C=C(O)C(F)(F)F)C(F)(F)F.[Al]. The first-order chi connectivity index (χ1) is 16.6. The molecule has 0 aromatic rings.